The van der Waals surface area contributed by atoms with Gasteiger partial charge < -0.3 is 0 Å². The van der Waals surface area contributed by atoms with Crippen molar-refractivity contribution >= 4 is 23.7 Å². The number of benzene rings is 1. The van der Waals surface area contributed by atoms with Crippen LogP contribution < -0.4 is 10.6 Å². The van der Waals surface area contributed by atoms with Crippen LogP contribution in [0.2, 0.25) is 0 Å². The van der Waals surface area contributed by atoms with Gasteiger partial charge in [0, 0.05) is 6.42 Å². The summed E-state index contributed by atoms with van der Waals surface area (Å²) in [6, 6.07) is 9.44. The maximum atomic E-state index is 11.9. The number of amides is 2. The second-order valence-electron chi connectivity index (χ2n) is 6.03. The van der Waals surface area contributed by atoms with E-state index in [1.54, 1.807) is 4.68 Å². The van der Waals surface area contributed by atoms with Crippen molar-refractivity contribution in [3.05, 3.63) is 35.9 Å². The molecule has 7 heteroatoms. The molecule has 1 aliphatic heterocycles. The third-order valence-electron chi connectivity index (χ3n) is 3.59. The summed E-state index contributed by atoms with van der Waals surface area (Å²) in [5.74, 6) is 0.581. The average molecular weight is 313 g/mol. The van der Waals surface area contributed by atoms with E-state index in [0.717, 1.165) is 5.56 Å². The van der Waals surface area contributed by atoms with E-state index >= 15 is 0 Å². The number of aromatic nitrogens is 3. The van der Waals surface area contributed by atoms with Gasteiger partial charge in [0.15, 0.2) is 0 Å². The van der Waals surface area contributed by atoms with Crippen molar-refractivity contribution in [1.82, 2.24) is 14.8 Å². The number of anilines is 2. The minimum atomic E-state index is -0.219. The number of fused-ring (bicyclic) bond motifs is 1. The van der Waals surface area contributed by atoms with E-state index in [4.69, 9.17) is 0 Å². The molecule has 2 amide bonds. The third kappa shape index (κ3) is 3.39. The Morgan fingerprint density at radius 2 is 2.13 bits per heavy atom. The lowest BCUT2D eigenvalue weighted by Crippen LogP contribution is -2.29. The van der Waals surface area contributed by atoms with Gasteiger partial charge in [0.2, 0.25) is 17.8 Å². The summed E-state index contributed by atoms with van der Waals surface area (Å²) in [5.41, 5.74) is 0.980. The minimum absolute atomic E-state index is 0.112. The van der Waals surface area contributed by atoms with Gasteiger partial charge >= 0.3 is 0 Å². The van der Waals surface area contributed by atoms with Crippen molar-refractivity contribution in [2.75, 3.05) is 10.6 Å². The van der Waals surface area contributed by atoms with Crippen LogP contribution in [0.1, 0.15) is 38.3 Å². The van der Waals surface area contributed by atoms with Gasteiger partial charge in [-0.2, -0.15) is 4.98 Å². The van der Waals surface area contributed by atoms with Crippen LogP contribution in [0, 0.1) is 5.92 Å². The standard InChI is InChI=1S/C16H19N5O2/c1-10(2)8-13(22)17-15-19-16-18-14(23)9-12(21(16)20-15)11-6-4-3-5-7-11/h3-7,10,12H,8-9H2,1-2H3,(H2,17,18,19,20,22,23)/t12-/m1/s1. The van der Waals surface area contributed by atoms with Crippen LogP contribution in [0.25, 0.3) is 0 Å². The van der Waals surface area contributed by atoms with Crippen molar-refractivity contribution in [1.29, 1.82) is 0 Å². The predicted octanol–water partition coefficient (Wildman–Crippen LogP) is 2.19. The summed E-state index contributed by atoms with van der Waals surface area (Å²) in [4.78, 5) is 28.0. The summed E-state index contributed by atoms with van der Waals surface area (Å²) >= 11 is 0. The van der Waals surface area contributed by atoms with Gasteiger partial charge in [0.05, 0.1) is 12.5 Å². The smallest absolute Gasteiger partial charge is 0.250 e. The fourth-order valence-electron chi connectivity index (χ4n) is 2.60. The number of hydrogen-bond donors (Lipinski definition) is 2. The van der Waals surface area contributed by atoms with Crippen molar-refractivity contribution in [3.63, 3.8) is 0 Å². The molecular formula is C16H19N5O2. The number of nitrogens with one attached hydrogen (secondary N) is 2. The second kappa shape index (κ2) is 6.20. The Hall–Kier alpha value is -2.70. The molecule has 0 saturated carbocycles. The Balaban J connectivity index is 1.87. The van der Waals surface area contributed by atoms with Crippen molar-refractivity contribution in [2.45, 2.75) is 32.7 Å². The fraction of sp³-hybridized carbons (Fsp3) is 0.375. The normalized spacial score (nSPS) is 16.8. The van der Waals surface area contributed by atoms with Crippen LogP contribution >= 0.6 is 0 Å². The summed E-state index contributed by atoms with van der Waals surface area (Å²) in [7, 11) is 0. The van der Waals surface area contributed by atoms with Crippen molar-refractivity contribution < 1.29 is 9.59 Å². The first-order valence-electron chi connectivity index (χ1n) is 7.64. The molecule has 0 aliphatic carbocycles. The quantitative estimate of drug-likeness (QED) is 0.905. The largest absolute Gasteiger partial charge is 0.295 e. The number of rotatable bonds is 4. The Kier molecular flexibility index (Phi) is 4.10. The highest BCUT2D eigenvalue weighted by molar-refractivity contribution is 5.92. The molecule has 7 nitrogen and oxygen atoms in total. The molecule has 0 spiro atoms. The maximum absolute atomic E-state index is 11.9. The number of carbonyl (C=O) groups excluding carboxylic acids is 2. The SMILES string of the molecule is CC(C)CC(=O)Nc1nc2n(n1)[C@@H](c1ccccc1)CC(=O)N2. The molecule has 1 atom stereocenters. The molecular weight excluding hydrogens is 294 g/mol. The van der Waals surface area contributed by atoms with Gasteiger partial charge in [-0.25, -0.2) is 4.68 Å². The third-order valence-corrected chi connectivity index (χ3v) is 3.59. The zero-order valence-electron chi connectivity index (χ0n) is 13.1. The Morgan fingerprint density at radius 1 is 1.39 bits per heavy atom. The molecule has 2 heterocycles. The van der Waals surface area contributed by atoms with E-state index in [9.17, 15) is 9.59 Å². The van der Waals surface area contributed by atoms with Crippen LogP contribution in [0.15, 0.2) is 30.3 Å². The molecule has 0 bridgehead atoms. The topological polar surface area (TPSA) is 88.9 Å². The van der Waals surface area contributed by atoms with E-state index in [0.29, 0.717) is 18.8 Å². The molecule has 1 aliphatic rings. The number of hydrogen-bond acceptors (Lipinski definition) is 4. The zero-order chi connectivity index (χ0) is 16.4. The maximum Gasteiger partial charge on any atom is 0.250 e. The van der Waals surface area contributed by atoms with Gasteiger partial charge in [-0.1, -0.05) is 44.2 Å². The monoisotopic (exact) mass is 313 g/mol. The lowest BCUT2D eigenvalue weighted by molar-refractivity contribution is -0.118. The predicted molar refractivity (Wildman–Crippen MR) is 85.9 cm³/mol. The van der Waals surface area contributed by atoms with Gasteiger partial charge in [0.25, 0.3) is 5.95 Å². The molecule has 0 unspecified atom stereocenters. The average Bonchev–Trinajstić information content (AvgIpc) is 2.88. The number of carbonyl (C=O) groups is 2. The molecule has 0 saturated heterocycles. The Morgan fingerprint density at radius 3 is 2.83 bits per heavy atom. The molecule has 2 aromatic rings. The number of nitrogens with zero attached hydrogens (tertiary/aromatic N) is 3. The van der Waals surface area contributed by atoms with Gasteiger partial charge in [-0.05, 0) is 11.5 Å². The molecule has 0 fully saturated rings. The zero-order valence-corrected chi connectivity index (χ0v) is 13.1. The van der Waals surface area contributed by atoms with E-state index in [2.05, 4.69) is 20.7 Å². The van der Waals surface area contributed by atoms with E-state index in [-0.39, 0.29) is 29.7 Å². The molecule has 1 aromatic carbocycles. The first-order valence-corrected chi connectivity index (χ1v) is 7.64. The fourth-order valence-corrected chi connectivity index (χ4v) is 2.60. The van der Waals surface area contributed by atoms with E-state index in [1.807, 2.05) is 44.2 Å². The van der Waals surface area contributed by atoms with Gasteiger partial charge in [-0.3, -0.25) is 20.2 Å². The van der Waals surface area contributed by atoms with Crippen LogP contribution in [0.4, 0.5) is 11.9 Å². The second-order valence-corrected chi connectivity index (χ2v) is 6.03. The Bertz CT molecular complexity index is 723. The van der Waals surface area contributed by atoms with Crippen LogP contribution in [0.3, 0.4) is 0 Å². The van der Waals surface area contributed by atoms with Gasteiger partial charge in [-0.15, -0.1) is 5.10 Å². The van der Waals surface area contributed by atoms with Crippen molar-refractivity contribution in [2.24, 2.45) is 5.92 Å². The van der Waals surface area contributed by atoms with Crippen LogP contribution in [-0.4, -0.2) is 26.6 Å². The first-order chi connectivity index (χ1) is 11.0. The molecule has 120 valence electrons. The molecule has 2 N–H and O–H groups in total. The summed E-state index contributed by atoms with van der Waals surface area (Å²) in [6.45, 7) is 3.94. The highest BCUT2D eigenvalue weighted by atomic mass is 16.2. The Labute approximate surface area is 134 Å². The highest BCUT2D eigenvalue weighted by Gasteiger charge is 2.29. The van der Waals surface area contributed by atoms with Gasteiger partial charge in [0.1, 0.15) is 0 Å². The highest BCUT2D eigenvalue weighted by Crippen LogP contribution is 2.29. The minimum Gasteiger partial charge on any atom is -0.295 e. The molecule has 0 radical (unpaired) electrons. The summed E-state index contributed by atoms with van der Waals surface area (Å²) in [5, 5.41) is 9.73. The first kappa shape index (κ1) is 15.2. The van der Waals surface area contributed by atoms with Crippen LogP contribution in [0.5, 0.6) is 0 Å². The summed E-state index contributed by atoms with van der Waals surface area (Å²) in [6.07, 6.45) is 0.693. The lowest BCUT2D eigenvalue weighted by Gasteiger charge is -2.23. The molecule has 23 heavy (non-hydrogen) atoms. The molecule has 1 aromatic heterocycles. The van der Waals surface area contributed by atoms with E-state index < -0.39 is 0 Å². The van der Waals surface area contributed by atoms with Crippen molar-refractivity contribution in [3.8, 4) is 0 Å². The summed E-state index contributed by atoms with van der Waals surface area (Å²) < 4.78 is 1.65. The van der Waals surface area contributed by atoms with E-state index in [1.165, 1.54) is 0 Å². The lowest BCUT2D eigenvalue weighted by atomic mass is 10.0. The molecule has 3 rings (SSSR count). The van der Waals surface area contributed by atoms with Crippen LogP contribution in [-0.2, 0) is 9.59 Å².